The zero-order chi connectivity index (χ0) is 21.3. The van der Waals surface area contributed by atoms with Crippen LogP contribution in [-0.4, -0.2) is 54.2 Å². The third-order valence-electron chi connectivity index (χ3n) is 5.17. The first-order valence-electron chi connectivity index (χ1n) is 10.3. The van der Waals surface area contributed by atoms with Crippen LogP contribution in [0.2, 0.25) is 0 Å². The number of nitriles is 1. The number of benzene rings is 1. The molecule has 1 aromatic rings. The topological polar surface area (TPSA) is 97.6 Å². The predicted octanol–water partition coefficient (Wildman–Crippen LogP) is 2.62. The van der Waals surface area contributed by atoms with Crippen LogP contribution >= 0.6 is 0 Å². The number of urea groups is 1. The molecule has 0 bridgehead atoms. The first-order valence-corrected chi connectivity index (χ1v) is 10.3. The average molecular weight is 403 g/mol. The molecule has 0 aromatic heterocycles. The Labute approximate surface area is 174 Å². The number of hydrogen-bond acceptors (Lipinski definition) is 5. The Morgan fingerprint density at radius 1 is 1.28 bits per heavy atom. The molecule has 29 heavy (non-hydrogen) atoms. The maximum absolute atomic E-state index is 12.4. The number of piperidine rings is 1. The van der Waals surface area contributed by atoms with Crippen molar-refractivity contribution < 1.29 is 14.6 Å². The zero-order valence-corrected chi connectivity index (χ0v) is 17.8. The SMILES string of the molecule is CC(C)(C)OC(O)NCCNC(=O)N1CCC(C#N)(CCc2ccccc2)CC1. The number of carbonyl (C=O) groups is 1. The van der Waals surface area contributed by atoms with E-state index in [9.17, 15) is 15.2 Å². The van der Waals surface area contributed by atoms with Crippen LogP contribution in [0.5, 0.6) is 0 Å². The minimum Gasteiger partial charge on any atom is -0.356 e. The molecule has 0 radical (unpaired) electrons. The zero-order valence-electron chi connectivity index (χ0n) is 17.8. The van der Waals surface area contributed by atoms with Gasteiger partial charge in [-0.2, -0.15) is 5.26 Å². The third-order valence-corrected chi connectivity index (χ3v) is 5.17. The second kappa shape index (κ2) is 10.6. The standard InChI is InChI=1S/C22H34N4O3/c1-21(2,3)29-20(28)25-14-13-24-19(27)26-15-11-22(17-23,12-16-26)10-9-18-7-5-4-6-8-18/h4-8,20,25,28H,9-16H2,1-3H3,(H,24,27). The molecule has 1 heterocycles. The number of aliphatic hydroxyl groups is 1. The van der Waals surface area contributed by atoms with E-state index < -0.39 is 12.0 Å². The summed E-state index contributed by atoms with van der Waals surface area (Å²) in [6.45, 7) is 7.52. The number of amides is 2. The van der Waals surface area contributed by atoms with Crippen LogP contribution in [0.1, 0.15) is 45.6 Å². The Hall–Kier alpha value is -2.14. The van der Waals surface area contributed by atoms with Gasteiger partial charge in [0.15, 0.2) is 0 Å². The molecule has 2 rings (SSSR count). The highest BCUT2D eigenvalue weighted by atomic mass is 16.6. The van der Waals surface area contributed by atoms with Gasteiger partial charge in [0.1, 0.15) is 0 Å². The highest BCUT2D eigenvalue weighted by Gasteiger charge is 2.35. The van der Waals surface area contributed by atoms with Gasteiger partial charge < -0.3 is 20.1 Å². The summed E-state index contributed by atoms with van der Waals surface area (Å²) in [6.07, 6.45) is 2.02. The summed E-state index contributed by atoms with van der Waals surface area (Å²) < 4.78 is 5.34. The van der Waals surface area contributed by atoms with Crippen molar-refractivity contribution in [3.8, 4) is 6.07 Å². The van der Waals surface area contributed by atoms with Gasteiger partial charge in [0.05, 0.1) is 17.1 Å². The van der Waals surface area contributed by atoms with E-state index in [0.717, 1.165) is 12.8 Å². The van der Waals surface area contributed by atoms with Gasteiger partial charge in [-0.3, -0.25) is 5.32 Å². The summed E-state index contributed by atoms with van der Waals surface area (Å²) in [7, 11) is 0. The van der Waals surface area contributed by atoms with E-state index >= 15 is 0 Å². The number of nitrogens with one attached hydrogen (secondary N) is 2. The maximum atomic E-state index is 12.4. The van der Waals surface area contributed by atoms with Crippen LogP contribution < -0.4 is 10.6 Å². The Bertz CT molecular complexity index is 674. The predicted molar refractivity (Wildman–Crippen MR) is 112 cm³/mol. The van der Waals surface area contributed by atoms with Gasteiger partial charge >= 0.3 is 6.03 Å². The first kappa shape index (κ1) is 23.1. The van der Waals surface area contributed by atoms with E-state index in [1.807, 2.05) is 39.0 Å². The minimum atomic E-state index is -1.07. The molecule has 1 saturated heterocycles. The second-order valence-corrected chi connectivity index (χ2v) is 8.63. The Morgan fingerprint density at radius 2 is 1.93 bits per heavy atom. The lowest BCUT2D eigenvalue weighted by Crippen LogP contribution is -2.49. The number of carbonyl (C=O) groups excluding carboxylic acids is 1. The summed E-state index contributed by atoms with van der Waals surface area (Å²) >= 11 is 0. The lowest BCUT2D eigenvalue weighted by Gasteiger charge is -2.37. The van der Waals surface area contributed by atoms with Gasteiger partial charge in [0.2, 0.25) is 6.41 Å². The summed E-state index contributed by atoms with van der Waals surface area (Å²) in [5.41, 5.74) is 0.437. The molecule has 160 valence electrons. The quantitative estimate of drug-likeness (QED) is 0.459. The number of likely N-dealkylation sites (tertiary alicyclic amines) is 1. The molecule has 0 aliphatic carbocycles. The van der Waals surface area contributed by atoms with Gasteiger partial charge in [-0.25, -0.2) is 4.79 Å². The lowest BCUT2D eigenvalue weighted by molar-refractivity contribution is -0.180. The molecule has 1 aromatic carbocycles. The minimum absolute atomic E-state index is 0.132. The van der Waals surface area contributed by atoms with Gasteiger partial charge in [0.25, 0.3) is 0 Å². The largest absolute Gasteiger partial charge is 0.356 e. The van der Waals surface area contributed by atoms with E-state index in [1.165, 1.54) is 5.56 Å². The molecule has 7 nitrogen and oxygen atoms in total. The summed E-state index contributed by atoms with van der Waals surface area (Å²) in [5.74, 6) is 0. The third kappa shape index (κ3) is 8.01. The molecule has 1 aliphatic rings. The smallest absolute Gasteiger partial charge is 0.317 e. The number of nitrogens with zero attached hydrogens (tertiary/aromatic N) is 2. The molecule has 0 spiro atoms. The van der Waals surface area contributed by atoms with Gasteiger partial charge in [0, 0.05) is 26.2 Å². The maximum Gasteiger partial charge on any atom is 0.317 e. The molecule has 2 amide bonds. The molecular formula is C22H34N4O3. The molecule has 7 heteroatoms. The average Bonchev–Trinajstić information content (AvgIpc) is 2.69. The number of rotatable bonds is 8. The number of aliphatic hydroxyl groups excluding tert-OH is 1. The number of hydrogen-bond donors (Lipinski definition) is 3. The van der Waals surface area contributed by atoms with Crippen molar-refractivity contribution in [2.45, 2.75) is 58.5 Å². The molecule has 1 aliphatic heterocycles. The lowest BCUT2D eigenvalue weighted by atomic mass is 9.75. The van der Waals surface area contributed by atoms with E-state index in [0.29, 0.717) is 39.0 Å². The summed E-state index contributed by atoms with van der Waals surface area (Å²) in [5, 5.41) is 25.1. The Kier molecular flexibility index (Phi) is 8.45. The molecular weight excluding hydrogens is 368 g/mol. The summed E-state index contributed by atoms with van der Waals surface area (Å²) in [4.78, 5) is 14.1. The van der Waals surface area contributed by atoms with E-state index in [-0.39, 0.29) is 11.4 Å². The Balaban J connectivity index is 1.69. The van der Waals surface area contributed by atoms with Crippen LogP contribution in [0.3, 0.4) is 0 Å². The van der Waals surface area contributed by atoms with Gasteiger partial charge in [-0.15, -0.1) is 0 Å². The van der Waals surface area contributed by atoms with Gasteiger partial charge in [-0.05, 0) is 52.0 Å². The molecule has 0 saturated carbocycles. The van der Waals surface area contributed by atoms with Gasteiger partial charge in [-0.1, -0.05) is 30.3 Å². The van der Waals surface area contributed by atoms with Crippen LogP contribution in [0.4, 0.5) is 4.79 Å². The number of aryl methyl sites for hydroxylation is 1. The highest BCUT2D eigenvalue weighted by Crippen LogP contribution is 2.35. The van der Waals surface area contributed by atoms with Crippen LogP contribution in [-0.2, 0) is 11.2 Å². The van der Waals surface area contributed by atoms with Crippen LogP contribution in [0.25, 0.3) is 0 Å². The van der Waals surface area contributed by atoms with Crippen molar-refractivity contribution in [1.82, 2.24) is 15.5 Å². The highest BCUT2D eigenvalue weighted by molar-refractivity contribution is 5.74. The fourth-order valence-corrected chi connectivity index (χ4v) is 3.44. The van der Waals surface area contributed by atoms with Crippen LogP contribution in [0, 0.1) is 16.7 Å². The fraction of sp³-hybridized carbons (Fsp3) is 0.636. The van der Waals surface area contributed by atoms with Crippen molar-refractivity contribution in [1.29, 1.82) is 5.26 Å². The van der Waals surface area contributed by atoms with E-state index in [1.54, 1.807) is 4.90 Å². The van der Waals surface area contributed by atoms with Crippen molar-refractivity contribution in [2.24, 2.45) is 5.41 Å². The number of ether oxygens (including phenoxy) is 1. The molecule has 1 atom stereocenters. The van der Waals surface area contributed by atoms with Crippen LogP contribution in [0.15, 0.2) is 30.3 Å². The summed E-state index contributed by atoms with van der Waals surface area (Å²) in [6, 6.07) is 12.6. The van der Waals surface area contributed by atoms with Crippen molar-refractivity contribution in [2.75, 3.05) is 26.2 Å². The fourth-order valence-electron chi connectivity index (χ4n) is 3.44. The molecule has 1 unspecified atom stereocenters. The first-order chi connectivity index (χ1) is 13.7. The Morgan fingerprint density at radius 3 is 2.52 bits per heavy atom. The second-order valence-electron chi connectivity index (χ2n) is 8.63. The van der Waals surface area contributed by atoms with E-state index in [4.69, 9.17) is 4.74 Å². The van der Waals surface area contributed by atoms with Crippen molar-refractivity contribution >= 4 is 6.03 Å². The van der Waals surface area contributed by atoms with E-state index in [2.05, 4.69) is 28.8 Å². The molecule has 3 N–H and O–H groups in total. The molecule has 1 fully saturated rings. The monoisotopic (exact) mass is 402 g/mol. The normalized spacial score (nSPS) is 17.4. The van der Waals surface area contributed by atoms with Crippen molar-refractivity contribution in [3.05, 3.63) is 35.9 Å². The van der Waals surface area contributed by atoms with Crippen molar-refractivity contribution in [3.63, 3.8) is 0 Å².